The highest BCUT2D eigenvalue weighted by Crippen LogP contribution is 2.25. The van der Waals surface area contributed by atoms with Gasteiger partial charge in [-0.15, -0.1) is 0 Å². The Hall–Kier alpha value is -0.920. The first-order valence-electron chi connectivity index (χ1n) is 7.55. The second-order valence-corrected chi connectivity index (χ2v) is 9.96. The summed E-state index contributed by atoms with van der Waals surface area (Å²) in [5.41, 5.74) is 0.988. The molecule has 22 heavy (non-hydrogen) atoms. The first-order valence-corrected chi connectivity index (χ1v) is 10.8. The van der Waals surface area contributed by atoms with Crippen molar-refractivity contribution < 1.29 is 16.8 Å². The van der Waals surface area contributed by atoms with Crippen LogP contribution in [0, 0.1) is 6.92 Å². The quantitative estimate of drug-likeness (QED) is 0.790. The minimum atomic E-state index is -3.65. The highest BCUT2D eigenvalue weighted by Gasteiger charge is 2.38. The van der Waals surface area contributed by atoms with Crippen LogP contribution in [0.5, 0.6) is 0 Å². The molecule has 1 aromatic carbocycles. The van der Waals surface area contributed by atoms with Crippen LogP contribution in [-0.4, -0.2) is 45.2 Å². The Labute approximate surface area is 133 Å². The molecule has 124 valence electrons. The zero-order valence-electron chi connectivity index (χ0n) is 13.0. The third-order valence-electron chi connectivity index (χ3n) is 3.98. The maximum absolute atomic E-state index is 12.9. The van der Waals surface area contributed by atoms with Crippen LogP contribution in [-0.2, 0) is 19.9 Å². The van der Waals surface area contributed by atoms with Gasteiger partial charge in [0.2, 0.25) is 10.0 Å². The van der Waals surface area contributed by atoms with Crippen molar-refractivity contribution in [1.29, 1.82) is 0 Å². The number of unbranched alkanes of at least 4 members (excludes halogenated alkanes) is 1. The summed E-state index contributed by atoms with van der Waals surface area (Å²) in [6.45, 7) is 4.25. The number of rotatable bonds is 6. The topological polar surface area (TPSA) is 71.5 Å². The lowest BCUT2D eigenvalue weighted by atomic mass is 10.2. The third kappa shape index (κ3) is 3.88. The summed E-state index contributed by atoms with van der Waals surface area (Å²) >= 11 is 0. The van der Waals surface area contributed by atoms with Crippen molar-refractivity contribution in [3.63, 3.8) is 0 Å². The van der Waals surface area contributed by atoms with E-state index in [1.54, 1.807) is 24.3 Å². The number of hydrogen-bond donors (Lipinski definition) is 0. The van der Waals surface area contributed by atoms with Gasteiger partial charge in [0.25, 0.3) is 0 Å². The summed E-state index contributed by atoms with van der Waals surface area (Å²) in [5.74, 6) is 0.00547. The molecule has 1 heterocycles. The molecule has 7 heteroatoms. The first-order chi connectivity index (χ1) is 10.3. The van der Waals surface area contributed by atoms with E-state index < -0.39 is 25.9 Å². The molecule has 2 rings (SSSR count). The number of nitrogens with zero attached hydrogens (tertiary/aromatic N) is 1. The normalized spacial score (nSPS) is 21.3. The Bertz CT molecular complexity index is 708. The van der Waals surface area contributed by atoms with Crippen molar-refractivity contribution >= 4 is 19.9 Å². The number of sulfonamides is 1. The summed E-state index contributed by atoms with van der Waals surface area (Å²) in [4.78, 5) is 0.235. The van der Waals surface area contributed by atoms with Crippen LogP contribution in [0.15, 0.2) is 29.2 Å². The third-order valence-corrected chi connectivity index (χ3v) is 7.69. The van der Waals surface area contributed by atoms with Gasteiger partial charge in [-0.25, -0.2) is 16.8 Å². The summed E-state index contributed by atoms with van der Waals surface area (Å²) in [5, 5.41) is 0. The lowest BCUT2D eigenvalue weighted by Gasteiger charge is -2.27. The molecule has 5 nitrogen and oxygen atoms in total. The average Bonchev–Trinajstić information content (AvgIpc) is 2.79. The standard InChI is InChI=1S/C15H23NO4S2/c1-3-4-10-16(14-9-11-21(17,18)12-14)22(19,20)15-7-5-13(2)6-8-15/h5-8,14H,3-4,9-12H2,1-2H3. The van der Waals surface area contributed by atoms with Crippen LogP contribution in [0.3, 0.4) is 0 Å². The van der Waals surface area contributed by atoms with Gasteiger partial charge in [0.1, 0.15) is 0 Å². The molecular weight excluding hydrogens is 322 g/mol. The second-order valence-electron chi connectivity index (χ2n) is 5.84. The summed E-state index contributed by atoms with van der Waals surface area (Å²) in [6, 6.07) is 6.26. The van der Waals surface area contributed by atoms with E-state index in [0.717, 1.165) is 18.4 Å². The molecule has 0 aromatic heterocycles. The summed E-state index contributed by atoms with van der Waals surface area (Å²) in [6.07, 6.45) is 1.97. The molecule has 1 aliphatic heterocycles. The Balaban J connectivity index is 2.33. The number of aryl methyl sites for hydroxylation is 1. The smallest absolute Gasteiger partial charge is 0.229 e. The number of hydrogen-bond acceptors (Lipinski definition) is 4. The molecule has 1 atom stereocenters. The molecular formula is C15H23NO4S2. The van der Waals surface area contributed by atoms with Gasteiger partial charge in [-0.2, -0.15) is 4.31 Å². The van der Waals surface area contributed by atoms with Gasteiger partial charge in [0.15, 0.2) is 9.84 Å². The maximum atomic E-state index is 12.9. The molecule has 0 radical (unpaired) electrons. The number of benzene rings is 1. The van der Waals surface area contributed by atoms with Crippen molar-refractivity contribution in [2.75, 3.05) is 18.1 Å². The Morgan fingerprint density at radius 2 is 1.86 bits per heavy atom. The molecule has 0 aliphatic carbocycles. The van der Waals surface area contributed by atoms with Crippen LogP contribution in [0.1, 0.15) is 31.7 Å². The lowest BCUT2D eigenvalue weighted by molar-refractivity contribution is 0.335. The first kappa shape index (κ1) is 17.4. The van der Waals surface area contributed by atoms with Crippen molar-refractivity contribution in [2.24, 2.45) is 0 Å². The van der Waals surface area contributed by atoms with E-state index in [4.69, 9.17) is 0 Å². The highest BCUT2D eigenvalue weighted by molar-refractivity contribution is 7.92. The van der Waals surface area contributed by atoms with Gasteiger partial charge in [-0.05, 0) is 31.9 Å². The van der Waals surface area contributed by atoms with Gasteiger partial charge in [0, 0.05) is 12.6 Å². The molecule has 0 N–H and O–H groups in total. The van der Waals surface area contributed by atoms with Gasteiger partial charge >= 0.3 is 0 Å². The molecule has 0 spiro atoms. The monoisotopic (exact) mass is 345 g/mol. The van der Waals surface area contributed by atoms with E-state index in [-0.39, 0.29) is 16.4 Å². The van der Waals surface area contributed by atoms with Gasteiger partial charge in [-0.3, -0.25) is 0 Å². The molecule has 1 aromatic rings. The minimum absolute atomic E-state index is 0.0677. The summed E-state index contributed by atoms with van der Waals surface area (Å²) < 4.78 is 50.6. The predicted molar refractivity (Wildman–Crippen MR) is 87.0 cm³/mol. The predicted octanol–water partition coefficient (Wildman–Crippen LogP) is 1.97. The van der Waals surface area contributed by atoms with Gasteiger partial charge in [-0.1, -0.05) is 31.0 Å². The average molecular weight is 345 g/mol. The number of sulfone groups is 1. The van der Waals surface area contributed by atoms with E-state index in [0.29, 0.717) is 13.0 Å². The molecule has 1 saturated heterocycles. The summed E-state index contributed by atoms with van der Waals surface area (Å²) in [7, 11) is -6.78. The molecule has 0 amide bonds. The van der Waals surface area contributed by atoms with E-state index in [9.17, 15) is 16.8 Å². The van der Waals surface area contributed by atoms with Crippen LogP contribution in [0.2, 0.25) is 0 Å². The fraction of sp³-hybridized carbons (Fsp3) is 0.600. The van der Waals surface area contributed by atoms with Crippen LogP contribution in [0.25, 0.3) is 0 Å². The van der Waals surface area contributed by atoms with Crippen molar-refractivity contribution in [3.8, 4) is 0 Å². The lowest BCUT2D eigenvalue weighted by Crippen LogP contribution is -2.41. The van der Waals surface area contributed by atoms with E-state index in [1.165, 1.54) is 4.31 Å². The maximum Gasteiger partial charge on any atom is 0.243 e. The van der Waals surface area contributed by atoms with Crippen molar-refractivity contribution in [2.45, 2.75) is 44.0 Å². The Morgan fingerprint density at radius 1 is 1.23 bits per heavy atom. The fourth-order valence-corrected chi connectivity index (χ4v) is 6.18. The highest BCUT2D eigenvalue weighted by atomic mass is 32.2. The zero-order chi connectivity index (χ0) is 16.4. The second kappa shape index (κ2) is 6.68. The van der Waals surface area contributed by atoms with E-state index in [1.807, 2.05) is 13.8 Å². The minimum Gasteiger partial charge on any atom is -0.229 e. The van der Waals surface area contributed by atoms with E-state index >= 15 is 0 Å². The van der Waals surface area contributed by atoms with Crippen LogP contribution >= 0.6 is 0 Å². The largest absolute Gasteiger partial charge is 0.243 e. The Morgan fingerprint density at radius 3 is 2.36 bits per heavy atom. The molecule has 1 fully saturated rings. The van der Waals surface area contributed by atoms with Crippen LogP contribution < -0.4 is 0 Å². The van der Waals surface area contributed by atoms with Crippen LogP contribution in [0.4, 0.5) is 0 Å². The van der Waals surface area contributed by atoms with Gasteiger partial charge in [0.05, 0.1) is 16.4 Å². The zero-order valence-corrected chi connectivity index (χ0v) is 14.7. The molecule has 0 saturated carbocycles. The van der Waals surface area contributed by atoms with Crippen molar-refractivity contribution in [3.05, 3.63) is 29.8 Å². The van der Waals surface area contributed by atoms with E-state index in [2.05, 4.69) is 0 Å². The molecule has 0 bridgehead atoms. The van der Waals surface area contributed by atoms with Gasteiger partial charge < -0.3 is 0 Å². The fourth-order valence-electron chi connectivity index (χ4n) is 2.66. The SMILES string of the molecule is CCCCN(C1CCS(=O)(=O)C1)S(=O)(=O)c1ccc(C)cc1. The Kier molecular flexibility index (Phi) is 5.29. The molecule has 1 aliphatic rings. The van der Waals surface area contributed by atoms with Crippen molar-refractivity contribution in [1.82, 2.24) is 4.31 Å². The molecule has 1 unspecified atom stereocenters.